The maximum absolute atomic E-state index is 5.86. The van der Waals surface area contributed by atoms with Crippen LogP contribution >= 0.6 is 0 Å². The molecule has 15 heavy (non-hydrogen) atoms. The van der Waals surface area contributed by atoms with Crippen molar-refractivity contribution in [3.8, 4) is 0 Å². The standard InChI is InChI=1S/C13H26N2/c1-15(13(10-14)12-6-7-12)9-8-11-4-2-3-5-11/h11-13H,2-10,14H2,1H3. The summed E-state index contributed by atoms with van der Waals surface area (Å²) in [6, 6.07) is 0.673. The zero-order valence-electron chi connectivity index (χ0n) is 10.1. The van der Waals surface area contributed by atoms with Gasteiger partial charge in [-0.15, -0.1) is 0 Å². The van der Waals surface area contributed by atoms with Gasteiger partial charge in [0.15, 0.2) is 0 Å². The molecule has 2 fully saturated rings. The molecule has 0 saturated heterocycles. The van der Waals surface area contributed by atoms with Crippen LogP contribution in [0.5, 0.6) is 0 Å². The molecular weight excluding hydrogens is 184 g/mol. The number of nitrogens with two attached hydrogens (primary N) is 1. The van der Waals surface area contributed by atoms with Crippen molar-refractivity contribution >= 4 is 0 Å². The van der Waals surface area contributed by atoms with Gasteiger partial charge in [-0.1, -0.05) is 25.7 Å². The first-order valence-electron chi connectivity index (χ1n) is 6.71. The fourth-order valence-electron chi connectivity index (χ4n) is 3.06. The van der Waals surface area contributed by atoms with E-state index in [1.165, 1.54) is 51.5 Å². The molecule has 1 atom stereocenters. The van der Waals surface area contributed by atoms with Crippen molar-refractivity contribution in [1.82, 2.24) is 4.90 Å². The summed E-state index contributed by atoms with van der Waals surface area (Å²) >= 11 is 0. The van der Waals surface area contributed by atoms with Crippen LogP contribution in [0.4, 0.5) is 0 Å². The molecule has 2 aliphatic rings. The molecule has 2 nitrogen and oxygen atoms in total. The van der Waals surface area contributed by atoms with Crippen molar-refractivity contribution in [2.75, 3.05) is 20.1 Å². The highest BCUT2D eigenvalue weighted by Crippen LogP contribution is 2.35. The molecule has 0 aromatic rings. The van der Waals surface area contributed by atoms with E-state index in [1.54, 1.807) is 0 Å². The fraction of sp³-hybridized carbons (Fsp3) is 1.00. The van der Waals surface area contributed by atoms with E-state index in [9.17, 15) is 0 Å². The molecule has 0 bridgehead atoms. The Balaban J connectivity index is 1.67. The predicted octanol–water partition coefficient (Wildman–Crippen LogP) is 2.24. The van der Waals surface area contributed by atoms with Crippen LogP contribution in [-0.4, -0.2) is 31.1 Å². The summed E-state index contributed by atoms with van der Waals surface area (Å²) in [4.78, 5) is 2.52. The third-order valence-electron chi connectivity index (χ3n) is 4.34. The van der Waals surface area contributed by atoms with Gasteiger partial charge in [-0.2, -0.15) is 0 Å². The first-order valence-corrected chi connectivity index (χ1v) is 6.71. The third-order valence-corrected chi connectivity index (χ3v) is 4.34. The molecule has 2 N–H and O–H groups in total. The zero-order chi connectivity index (χ0) is 10.7. The first-order chi connectivity index (χ1) is 7.31. The zero-order valence-corrected chi connectivity index (χ0v) is 10.1. The molecule has 88 valence electrons. The van der Waals surface area contributed by atoms with Crippen LogP contribution in [0.25, 0.3) is 0 Å². The van der Waals surface area contributed by atoms with E-state index in [2.05, 4.69) is 11.9 Å². The molecule has 2 aliphatic carbocycles. The van der Waals surface area contributed by atoms with Gasteiger partial charge in [0.2, 0.25) is 0 Å². The molecule has 1 unspecified atom stereocenters. The number of likely N-dealkylation sites (N-methyl/N-ethyl adjacent to an activating group) is 1. The number of rotatable bonds is 6. The average Bonchev–Trinajstić information content (AvgIpc) is 2.93. The summed E-state index contributed by atoms with van der Waals surface area (Å²) in [5.74, 6) is 1.94. The monoisotopic (exact) mass is 210 g/mol. The van der Waals surface area contributed by atoms with Crippen LogP contribution < -0.4 is 5.73 Å². The predicted molar refractivity (Wildman–Crippen MR) is 64.8 cm³/mol. The molecule has 2 rings (SSSR count). The van der Waals surface area contributed by atoms with Crippen LogP contribution in [0.3, 0.4) is 0 Å². The number of hydrogen-bond acceptors (Lipinski definition) is 2. The highest BCUT2D eigenvalue weighted by Gasteiger charge is 2.32. The second-order valence-electron chi connectivity index (χ2n) is 5.56. The summed E-state index contributed by atoms with van der Waals surface area (Å²) in [5.41, 5.74) is 5.86. The Morgan fingerprint density at radius 3 is 2.40 bits per heavy atom. The van der Waals surface area contributed by atoms with E-state index in [0.717, 1.165) is 18.4 Å². The lowest BCUT2D eigenvalue weighted by atomic mass is 10.0. The summed E-state index contributed by atoms with van der Waals surface area (Å²) in [6.07, 6.45) is 10.1. The Bertz CT molecular complexity index is 183. The van der Waals surface area contributed by atoms with Crippen LogP contribution in [-0.2, 0) is 0 Å². The third kappa shape index (κ3) is 3.18. The summed E-state index contributed by atoms with van der Waals surface area (Å²) in [7, 11) is 2.27. The molecule has 0 spiro atoms. The van der Waals surface area contributed by atoms with Gasteiger partial charge < -0.3 is 10.6 Å². The van der Waals surface area contributed by atoms with Crippen LogP contribution in [0.2, 0.25) is 0 Å². The van der Waals surface area contributed by atoms with E-state index in [0.29, 0.717) is 6.04 Å². The summed E-state index contributed by atoms with van der Waals surface area (Å²) < 4.78 is 0. The second-order valence-corrected chi connectivity index (χ2v) is 5.56. The largest absolute Gasteiger partial charge is 0.329 e. The smallest absolute Gasteiger partial charge is 0.0243 e. The van der Waals surface area contributed by atoms with E-state index in [-0.39, 0.29) is 0 Å². The molecule has 0 amide bonds. The Kier molecular flexibility index (Phi) is 4.04. The molecular formula is C13H26N2. The Morgan fingerprint density at radius 1 is 1.20 bits per heavy atom. The summed E-state index contributed by atoms with van der Waals surface area (Å²) in [6.45, 7) is 2.12. The molecule has 0 aromatic carbocycles. The minimum atomic E-state index is 0.673. The van der Waals surface area contributed by atoms with Gasteiger partial charge in [0.1, 0.15) is 0 Å². The Morgan fingerprint density at radius 2 is 1.87 bits per heavy atom. The Hall–Kier alpha value is -0.0800. The van der Waals surface area contributed by atoms with Gasteiger partial charge in [0.25, 0.3) is 0 Å². The van der Waals surface area contributed by atoms with Gasteiger partial charge in [-0.3, -0.25) is 0 Å². The topological polar surface area (TPSA) is 29.3 Å². The minimum Gasteiger partial charge on any atom is -0.329 e. The minimum absolute atomic E-state index is 0.673. The van der Waals surface area contributed by atoms with Gasteiger partial charge in [0, 0.05) is 12.6 Å². The second kappa shape index (κ2) is 5.31. The van der Waals surface area contributed by atoms with Crippen molar-refractivity contribution in [1.29, 1.82) is 0 Å². The molecule has 0 aromatic heterocycles. The molecule has 0 heterocycles. The highest BCUT2D eigenvalue weighted by molar-refractivity contribution is 4.88. The average molecular weight is 210 g/mol. The SMILES string of the molecule is CN(CCC1CCCC1)C(CN)C1CC1. The fourth-order valence-corrected chi connectivity index (χ4v) is 3.06. The van der Waals surface area contributed by atoms with E-state index < -0.39 is 0 Å². The molecule has 2 heteroatoms. The van der Waals surface area contributed by atoms with Crippen LogP contribution in [0.15, 0.2) is 0 Å². The van der Waals surface area contributed by atoms with E-state index in [1.807, 2.05) is 0 Å². The lowest BCUT2D eigenvalue weighted by molar-refractivity contribution is 0.208. The number of nitrogens with zero attached hydrogens (tertiary/aromatic N) is 1. The van der Waals surface area contributed by atoms with E-state index >= 15 is 0 Å². The molecule has 0 radical (unpaired) electrons. The van der Waals surface area contributed by atoms with Crippen molar-refractivity contribution in [2.24, 2.45) is 17.6 Å². The Labute approximate surface area is 94.2 Å². The normalized spacial score (nSPS) is 25.0. The lowest BCUT2D eigenvalue weighted by Gasteiger charge is -2.27. The van der Waals surface area contributed by atoms with Crippen molar-refractivity contribution in [3.05, 3.63) is 0 Å². The van der Waals surface area contributed by atoms with Crippen molar-refractivity contribution in [3.63, 3.8) is 0 Å². The molecule has 2 saturated carbocycles. The molecule has 0 aliphatic heterocycles. The maximum Gasteiger partial charge on any atom is 0.0243 e. The first kappa shape index (κ1) is 11.4. The van der Waals surface area contributed by atoms with E-state index in [4.69, 9.17) is 5.73 Å². The maximum atomic E-state index is 5.86. The van der Waals surface area contributed by atoms with Gasteiger partial charge >= 0.3 is 0 Å². The van der Waals surface area contributed by atoms with Gasteiger partial charge in [0.05, 0.1) is 0 Å². The van der Waals surface area contributed by atoms with Crippen molar-refractivity contribution < 1.29 is 0 Å². The number of hydrogen-bond donors (Lipinski definition) is 1. The highest BCUT2D eigenvalue weighted by atomic mass is 15.1. The van der Waals surface area contributed by atoms with Gasteiger partial charge in [-0.05, 0) is 44.7 Å². The van der Waals surface area contributed by atoms with Crippen LogP contribution in [0, 0.1) is 11.8 Å². The van der Waals surface area contributed by atoms with Gasteiger partial charge in [-0.25, -0.2) is 0 Å². The lowest BCUT2D eigenvalue weighted by Crippen LogP contribution is -2.40. The summed E-state index contributed by atoms with van der Waals surface area (Å²) in [5, 5.41) is 0. The van der Waals surface area contributed by atoms with Crippen LogP contribution in [0.1, 0.15) is 44.9 Å². The quantitative estimate of drug-likeness (QED) is 0.728. The van der Waals surface area contributed by atoms with Crippen molar-refractivity contribution in [2.45, 2.75) is 51.0 Å².